The highest BCUT2D eigenvalue weighted by Crippen LogP contribution is 2.63. The van der Waals surface area contributed by atoms with E-state index in [1.165, 1.54) is 50.2 Å². The number of benzene rings is 5. The Hall–Kier alpha value is -4.30. The van der Waals surface area contributed by atoms with E-state index in [9.17, 15) is 0 Å². The molecule has 0 saturated carbocycles. The maximum Gasteiger partial charge on any atom is 0.119 e. The third-order valence-corrected chi connectivity index (χ3v) is 8.13. The van der Waals surface area contributed by atoms with Crippen molar-refractivity contribution in [3.63, 3.8) is 0 Å². The Kier molecular flexibility index (Phi) is 4.81. The first-order chi connectivity index (χ1) is 18.1. The van der Waals surface area contributed by atoms with Crippen LogP contribution < -0.4 is 9.64 Å². The monoisotopic (exact) mass is 479 g/mol. The zero-order chi connectivity index (χ0) is 25.1. The van der Waals surface area contributed by atoms with Gasteiger partial charge in [0.1, 0.15) is 5.75 Å². The summed E-state index contributed by atoms with van der Waals surface area (Å²) < 4.78 is 5.42. The number of fused-ring (bicyclic) bond motifs is 10. The van der Waals surface area contributed by atoms with Crippen LogP contribution in [0.25, 0.3) is 22.3 Å². The van der Waals surface area contributed by atoms with Gasteiger partial charge >= 0.3 is 0 Å². The minimum atomic E-state index is -0.322. The summed E-state index contributed by atoms with van der Waals surface area (Å²) >= 11 is 0. The van der Waals surface area contributed by atoms with Gasteiger partial charge in [-0.05, 0) is 94.8 Å². The van der Waals surface area contributed by atoms with Crippen molar-refractivity contribution in [3.05, 3.63) is 138 Å². The molecule has 0 bridgehead atoms. The number of nitrogens with zero attached hydrogens (tertiary/aromatic N) is 1. The molecule has 0 N–H and O–H groups in total. The van der Waals surface area contributed by atoms with E-state index in [2.05, 4.69) is 122 Å². The fourth-order valence-corrected chi connectivity index (χ4v) is 6.72. The molecule has 2 nitrogen and oxygen atoms in total. The van der Waals surface area contributed by atoms with Crippen molar-refractivity contribution < 1.29 is 4.74 Å². The third kappa shape index (κ3) is 2.93. The van der Waals surface area contributed by atoms with Crippen LogP contribution in [-0.2, 0) is 5.41 Å². The van der Waals surface area contributed by atoms with E-state index in [0.717, 1.165) is 11.4 Å². The summed E-state index contributed by atoms with van der Waals surface area (Å²) in [5.74, 6) is 0.870. The second-order valence-corrected chi connectivity index (χ2v) is 10.3. The van der Waals surface area contributed by atoms with Crippen molar-refractivity contribution in [2.45, 2.75) is 25.3 Å². The van der Waals surface area contributed by atoms with Crippen LogP contribution in [-0.4, -0.2) is 13.2 Å². The fraction of sp³-hybridized carbons (Fsp3) is 0.143. The molecule has 5 aromatic rings. The van der Waals surface area contributed by atoms with Gasteiger partial charge in [-0.15, -0.1) is 0 Å². The number of hydrogen-bond donors (Lipinski definition) is 0. The van der Waals surface area contributed by atoms with Crippen molar-refractivity contribution in [3.8, 4) is 28.0 Å². The second-order valence-electron chi connectivity index (χ2n) is 10.3. The Labute approximate surface area is 218 Å². The molecule has 0 heterocycles. The lowest BCUT2D eigenvalue weighted by Crippen LogP contribution is -2.28. The number of hydrogen-bond acceptors (Lipinski definition) is 2. The van der Waals surface area contributed by atoms with Crippen molar-refractivity contribution in [1.29, 1.82) is 0 Å². The molecule has 37 heavy (non-hydrogen) atoms. The molecule has 0 amide bonds. The Morgan fingerprint density at radius 3 is 1.49 bits per heavy atom. The molecule has 0 fully saturated rings. The van der Waals surface area contributed by atoms with E-state index in [-0.39, 0.29) is 11.5 Å². The molecule has 7 rings (SSSR count). The van der Waals surface area contributed by atoms with Crippen LogP contribution in [0.1, 0.15) is 36.1 Å². The predicted molar refractivity (Wildman–Crippen MR) is 153 cm³/mol. The summed E-state index contributed by atoms with van der Waals surface area (Å²) in [6.45, 7) is 4.50. The first-order valence-electron chi connectivity index (χ1n) is 13.0. The summed E-state index contributed by atoms with van der Waals surface area (Å²) in [4.78, 5) is 2.42. The lowest BCUT2D eigenvalue weighted by Gasteiger charge is -2.33. The molecule has 180 valence electrons. The van der Waals surface area contributed by atoms with E-state index >= 15 is 0 Å². The summed E-state index contributed by atoms with van der Waals surface area (Å²) in [6, 6.07) is 42.6. The Morgan fingerprint density at radius 2 is 1.00 bits per heavy atom. The molecule has 0 saturated heterocycles. The first kappa shape index (κ1) is 21.9. The van der Waals surface area contributed by atoms with Gasteiger partial charge in [-0.1, -0.05) is 78.9 Å². The van der Waals surface area contributed by atoms with Crippen molar-refractivity contribution in [2.75, 3.05) is 12.0 Å². The van der Waals surface area contributed by atoms with E-state index in [1.54, 1.807) is 7.11 Å². The molecular weight excluding hydrogens is 450 g/mol. The van der Waals surface area contributed by atoms with Gasteiger partial charge in [0.15, 0.2) is 0 Å². The van der Waals surface area contributed by atoms with Gasteiger partial charge in [0, 0.05) is 17.4 Å². The zero-order valence-electron chi connectivity index (χ0n) is 21.4. The summed E-state index contributed by atoms with van der Waals surface area (Å²) in [5, 5.41) is 0. The molecule has 2 aliphatic rings. The number of methoxy groups -OCH3 is 1. The second kappa shape index (κ2) is 8.11. The lowest BCUT2D eigenvalue weighted by molar-refractivity contribution is 0.415. The molecule has 0 aromatic heterocycles. The van der Waals surface area contributed by atoms with Gasteiger partial charge in [0.2, 0.25) is 0 Å². The average molecular weight is 480 g/mol. The van der Waals surface area contributed by atoms with Gasteiger partial charge in [0.05, 0.1) is 12.5 Å². The summed E-state index contributed by atoms with van der Waals surface area (Å²) in [7, 11) is 1.71. The smallest absolute Gasteiger partial charge is 0.119 e. The molecule has 0 atom stereocenters. The van der Waals surface area contributed by atoms with E-state index in [1.807, 2.05) is 12.1 Å². The minimum absolute atomic E-state index is 0.286. The van der Waals surface area contributed by atoms with E-state index < -0.39 is 0 Å². The zero-order valence-corrected chi connectivity index (χ0v) is 21.4. The molecule has 0 aliphatic heterocycles. The van der Waals surface area contributed by atoms with Crippen LogP contribution in [0.5, 0.6) is 5.75 Å². The standard InChI is InChI=1S/C35H29NO/c1-23(2)36(24-16-19-26(37-3)20-17-24)25-18-21-30-29-12-6-9-15-33(29)35(34(30)22-25)31-13-7-4-10-27(31)28-11-5-8-14-32(28)35/h4-23H,1-3H3. The topological polar surface area (TPSA) is 12.5 Å². The summed E-state index contributed by atoms with van der Waals surface area (Å²) in [6.07, 6.45) is 0. The first-order valence-corrected chi connectivity index (χ1v) is 13.0. The highest BCUT2D eigenvalue weighted by molar-refractivity contribution is 5.95. The van der Waals surface area contributed by atoms with Crippen molar-refractivity contribution in [2.24, 2.45) is 0 Å². The molecule has 2 aliphatic carbocycles. The molecule has 5 aromatic carbocycles. The summed E-state index contributed by atoms with van der Waals surface area (Å²) in [5.41, 5.74) is 12.9. The Morgan fingerprint density at radius 1 is 0.541 bits per heavy atom. The highest BCUT2D eigenvalue weighted by Gasteiger charge is 2.51. The quantitative estimate of drug-likeness (QED) is 0.251. The van der Waals surface area contributed by atoms with Crippen LogP contribution >= 0.6 is 0 Å². The van der Waals surface area contributed by atoms with Crippen LogP contribution in [0, 0.1) is 0 Å². The Balaban J connectivity index is 1.52. The lowest BCUT2D eigenvalue weighted by atomic mass is 9.70. The van der Waals surface area contributed by atoms with E-state index in [0.29, 0.717) is 0 Å². The predicted octanol–water partition coefficient (Wildman–Crippen LogP) is 8.59. The molecular formula is C35H29NO. The SMILES string of the molecule is COc1ccc(N(c2ccc3c(c2)C2(c4ccccc4-c4ccccc42)c2ccccc2-3)C(C)C)cc1. The van der Waals surface area contributed by atoms with Crippen LogP contribution in [0.3, 0.4) is 0 Å². The highest BCUT2D eigenvalue weighted by atomic mass is 16.5. The van der Waals surface area contributed by atoms with Gasteiger partial charge in [-0.25, -0.2) is 0 Å². The molecule has 1 spiro atoms. The van der Waals surface area contributed by atoms with Gasteiger partial charge in [-0.2, -0.15) is 0 Å². The van der Waals surface area contributed by atoms with Crippen molar-refractivity contribution in [1.82, 2.24) is 0 Å². The fourth-order valence-electron chi connectivity index (χ4n) is 6.72. The number of rotatable bonds is 4. The molecule has 0 unspecified atom stereocenters. The number of anilines is 2. The van der Waals surface area contributed by atoms with Crippen LogP contribution in [0.4, 0.5) is 11.4 Å². The van der Waals surface area contributed by atoms with Gasteiger partial charge in [-0.3, -0.25) is 0 Å². The average Bonchev–Trinajstić information content (AvgIpc) is 3.41. The number of ether oxygens (including phenoxy) is 1. The van der Waals surface area contributed by atoms with Gasteiger partial charge < -0.3 is 9.64 Å². The maximum atomic E-state index is 5.42. The maximum absolute atomic E-state index is 5.42. The van der Waals surface area contributed by atoms with Crippen LogP contribution in [0.15, 0.2) is 115 Å². The third-order valence-electron chi connectivity index (χ3n) is 8.13. The molecule has 0 radical (unpaired) electrons. The van der Waals surface area contributed by atoms with Gasteiger partial charge in [0.25, 0.3) is 0 Å². The van der Waals surface area contributed by atoms with E-state index in [4.69, 9.17) is 4.74 Å². The molecule has 2 heteroatoms. The van der Waals surface area contributed by atoms with Crippen LogP contribution in [0.2, 0.25) is 0 Å². The largest absolute Gasteiger partial charge is 0.497 e. The van der Waals surface area contributed by atoms with Crippen molar-refractivity contribution >= 4 is 11.4 Å². The minimum Gasteiger partial charge on any atom is -0.497 e. The Bertz CT molecular complexity index is 1580. The normalized spacial score (nSPS) is 13.7.